The molecule has 2 unspecified atom stereocenters. The van der Waals surface area contributed by atoms with Crippen molar-refractivity contribution in [3.8, 4) is 0 Å². The lowest BCUT2D eigenvalue weighted by Crippen LogP contribution is -2.43. The molecule has 1 heterocycles. The average molecular weight is 538 g/mol. The van der Waals surface area contributed by atoms with Crippen molar-refractivity contribution in [3.05, 3.63) is 0 Å². The van der Waals surface area contributed by atoms with Gasteiger partial charge in [-0.05, 0) is 6.42 Å². The van der Waals surface area contributed by atoms with E-state index in [1.54, 1.807) is 0 Å². The minimum Gasteiger partial charge on any atom is -0.756 e. The third-order valence-electron chi connectivity index (χ3n) is 6.52. The minimum atomic E-state index is -4.58. The molecule has 0 spiro atoms. The Morgan fingerprint density at radius 3 is 1.75 bits per heavy atom. The van der Waals surface area contributed by atoms with Crippen molar-refractivity contribution in [1.29, 1.82) is 0 Å². The number of phosphoric ester groups is 1. The van der Waals surface area contributed by atoms with E-state index < -0.39 is 20.4 Å². The molecule has 8 nitrogen and oxygen atoms in total. The SMILES string of the molecule is CCCCCCCCCCCCCCCCC[C@@H]1CO[C@H](OP(=O)([O-])OC(C[N+](C)(C)C)OC)CO1. The first-order valence-electron chi connectivity index (χ1n) is 14.4. The zero-order valence-corrected chi connectivity index (χ0v) is 24.8. The molecular formula is C27H56NO7P. The van der Waals surface area contributed by atoms with E-state index in [4.69, 9.17) is 23.3 Å². The van der Waals surface area contributed by atoms with E-state index in [-0.39, 0.29) is 12.7 Å². The monoisotopic (exact) mass is 537 g/mol. The van der Waals surface area contributed by atoms with E-state index in [0.29, 0.717) is 17.6 Å². The summed E-state index contributed by atoms with van der Waals surface area (Å²) in [4.78, 5) is 12.2. The number of hydrogen-bond acceptors (Lipinski definition) is 7. The van der Waals surface area contributed by atoms with Gasteiger partial charge in [0.1, 0.15) is 6.54 Å². The number of methoxy groups -OCH3 is 1. The van der Waals surface area contributed by atoms with E-state index in [1.807, 2.05) is 21.1 Å². The molecule has 0 bridgehead atoms. The van der Waals surface area contributed by atoms with Gasteiger partial charge in [-0.3, -0.25) is 13.6 Å². The lowest BCUT2D eigenvalue weighted by atomic mass is 10.0. The first kappa shape index (κ1) is 34.0. The molecular weight excluding hydrogens is 481 g/mol. The van der Waals surface area contributed by atoms with E-state index in [9.17, 15) is 9.46 Å². The molecule has 1 aliphatic heterocycles. The minimum absolute atomic E-state index is 0.0105. The summed E-state index contributed by atoms with van der Waals surface area (Å²) in [7, 11) is 2.58. The number of likely N-dealkylation sites (N-methyl/N-ethyl adjacent to an activating group) is 1. The van der Waals surface area contributed by atoms with Gasteiger partial charge in [-0.1, -0.05) is 103 Å². The van der Waals surface area contributed by atoms with Crippen molar-refractivity contribution in [1.82, 2.24) is 0 Å². The maximum atomic E-state index is 12.2. The highest BCUT2D eigenvalue weighted by Crippen LogP contribution is 2.42. The molecule has 0 aromatic carbocycles. The smallest absolute Gasteiger partial charge is 0.272 e. The van der Waals surface area contributed by atoms with Crippen LogP contribution >= 0.6 is 7.82 Å². The second kappa shape index (κ2) is 19.9. The molecule has 1 rings (SSSR count). The predicted molar refractivity (Wildman–Crippen MR) is 142 cm³/mol. The zero-order chi connectivity index (χ0) is 26.7. The van der Waals surface area contributed by atoms with Crippen LogP contribution in [0.3, 0.4) is 0 Å². The van der Waals surface area contributed by atoms with Gasteiger partial charge in [0.25, 0.3) is 7.82 Å². The summed E-state index contributed by atoms with van der Waals surface area (Å²) in [6, 6.07) is 0. The standard InChI is InChI=1S/C27H56NO7P/c1-6-7-8-9-10-11-12-13-14-15-16-17-18-19-20-21-25-23-33-27(24-32-25)35-36(29,30)34-26(31-5)22-28(2,3)4/h25-27H,6-24H2,1-5H3/t25-,26?,27-/m1/s1. The highest BCUT2D eigenvalue weighted by molar-refractivity contribution is 7.45. The average Bonchev–Trinajstić information content (AvgIpc) is 2.81. The van der Waals surface area contributed by atoms with Crippen molar-refractivity contribution in [2.24, 2.45) is 0 Å². The van der Waals surface area contributed by atoms with Crippen LogP contribution in [0.15, 0.2) is 0 Å². The van der Waals surface area contributed by atoms with Crippen molar-refractivity contribution in [3.63, 3.8) is 0 Å². The Kier molecular flexibility index (Phi) is 18.8. The number of unbranched alkanes of at least 4 members (excludes halogenated alkanes) is 14. The first-order valence-corrected chi connectivity index (χ1v) is 15.9. The topological polar surface area (TPSA) is 86.3 Å². The van der Waals surface area contributed by atoms with Crippen LogP contribution in [0.2, 0.25) is 0 Å². The number of hydrogen-bond donors (Lipinski definition) is 0. The highest BCUT2D eigenvalue weighted by Gasteiger charge is 2.29. The Morgan fingerprint density at radius 2 is 1.33 bits per heavy atom. The van der Waals surface area contributed by atoms with Gasteiger partial charge in [0.05, 0.1) is 40.5 Å². The van der Waals surface area contributed by atoms with Crippen molar-refractivity contribution >= 4 is 7.82 Å². The molecule has 1 fully saturated rings. The maximum Gasteiger partial charge on any atom is 0.272 e. The fourth-order valence-corrected chi connectivity index (χ4v) is 5.31. The van der Waals surface area contributed by atoms with Gasteiger partial charge in [-0.2, -0.15) is 0 Å². The van der Waals surface area contributed by atoms with E-state index in [0.717, 1.165) is 12.8 Å². The largest absolute Gasteiger partial charge is 0.756 e. The van der Waals surface area contributed by atoms with Gasteiger partial charge in [-0.25, -0.2) is 0 Å². The van der Waals surface area contributed by atoms with E-state index >= 15 is 0 Å². The molecule has 0 radical (unpaired) electrons. The first-order chi connectivity index (χ1) is 17.1. The molecule has 0 amide bonds. The number of rotatable bonds is 23. The molecule has 0 aliphatic carbocycles. The van der Waals surface area contributed by atoms with Crippen molar-refractivity contribution in [2.45, 2.75) is 128 Å². The molecule has 9 heteroatoms. The second-order valence-corrected chi connectivity index (χ2v) is 12.6. The molecule has 0 N–H and O–H groups in total. The number of quaternary nitrogens is 1. The fourth-order valence-electron chi connectivity index (χ4n) is 4.41. The van der Waals surface area contributed by atoms with Gasteiger partial charge in [0.2, 0.25) is 6.29 Å². The lowest BCUT2D eigenvalue weighted by Gasteiger charge is -2.35. The molecule has 4 atom stereocenters. The number of nitrogens with zero attached hydrogens (tertiary/aromatic N) is 1. The Bertz CT molecular complexity index is 565. The van der Waals surface area contributed by atoms with Gasteiger partial charge >= 0.3 is 0 Å². The Hall–Kier alpha value is -0.0500. The maximum absolute atomic E-state index is 12.2. The van der Waals surface area contributed by atoms with Crippen LogP contribution in [0.5, 0.6) is 0 Å². The molecule has 1 saturated heterocycles. The summed E-state index contributed by atoms with van der Waals surface area (Å²) >= 11 is 0. The number of phosphoric acid groups is 1. The normalized spacial score (nSPS) is 21.4. The molecule has 0 saturated carbocycles. The van der Waals surface area contributed by atoms with Crippen molar-refractivity contribution in [2.75, 3.05) is 48.0 Å². The molecule has 36 heavy (non-hydrogen) atoms. The predicted octanol–water partition coefficient (Wildman–Crippen LogP) is 6.17. The zero-order valence-electron chi connectivity index (χ0n) is 23.9. The Balaban J connectivity index is 1.99. The second-order valence-electron chi connectivity index (χ2n) is 11.3. The molecule has 1 aliphatic rings. The van der Waals surface area contributed by atoms with Gasteiger partial charge in [-0.15, -0.1) is 0 Å². The Morgan fingerprint density at radius 1 is 0.833 bits per heavy atom. The van der Waals surface area contributed by atoms with Crippen LogP contribution in [-0.2, 0) is 27.8 Å². The van der Waals surface area contributed by atoms with E-state index in [2.05, 4.69) is 6.92 Å². The van der Waals surface area contributed by atoms with Crippen LogP contribution in [0.1, 0.15) is 110 Å². The summed E-state index contributed by atoms with van der Waals surface area (Å²) in [5, 5.41) is 0. The highest BCUT2D eigenvalue weighted by atomic mass is 31.2. The van der Waals surface area contributed by atoms with Crippen LogP contribution in [-0.4, -0.2) is 71.2 Å². The Labute approximate surface area is 221 Å². The van der Waals surface area contributed by atoms with Crippen molar-refractivity contribution < 1.29 is 37.2 Å². The van der Waals surface area contributed by atoms with Crippen LogP contribution in [0.4, 0.5) is 0 Å². The van der Waals surface area contributed by atoms with Gasteiger partial charge in [0.15, 0.2) is 6.29 Å². The van der Waals surface area contributed by atoms with E-state index in [1.165, 1.54) is 97.0 Å². The summed E-state index contributed by atoms with van der Waals surface area (Å²) in [6.45, 7) is 3.03. The van der Waals surface area contributed by atoms with Gasteiger partial charge in [0, 0.05) is 7.11 Å². The third kappa shape index (κ3) is 19.1. The number of ether oxygens (including phenoxy) is 3. The molecule has 0 aromatic rings. The lowest BCUT2D eigenvalue weighted by molar-refractivity contribution is -0.876. The summed E-state index contributed by atoms with van der Waals surface area (Å²) in [5.41, 5.74) is 0. The quantitative estimate of drug-likeness (QED) is 0.0667. The summed E-state index contributed by atoms with van der Waals surface area (Å²) in [6.07, 6.45) is 19.2. The van der Waals surface area contributed by atoms with Crippen LogP contribution < -0.4 is 4.89 Å². The molecule has 216 valence electrons. The summed E-state index contributed by atoms with van der Waals surface area (Å²) < 4.78 is 39.3. The fraction of sp³-hybridized carbons (Fsp3) is 1.00. The van der Waals surface area contributed by atoms with Crippen LogP contribution in [0, 0.1) is 0 Å². The molecule has 0 aromatic heterocycles. The summed E-state index contributed by atoms with van der Waals surface area (Å²) in [5.74, 6) is 0. The van der Waals surface area contributed by atoms with Crippen LogP contribution in [0.25, 0.3) is 0 Å². The third-order valence-corrected chi connectivity index (χ3v) is 7.51. The van der Waals surface area contributed by atoms with Gasteiger partial charge < -0.3 is 23.6 Å².